The second-order valence-corrected chi connectivity index (χ2v) is 4.22. The average Bonchev–Trinajstić information content (AvgIpc) is 2.25. The van der Waals surface area contributed by atoms with E-state index in [1.165, 1.54) is 4.90 Å². The number of hydrogen-bond donors (Lipinski definition) is 1. The third kappa shape index (κ3) is 4.91. The zero-order chi connectivity index (χ0) is 13.1. The topological polar surface area (TPSA) is 55.6 Å². The van der Waals surface area contributed by atoms with Crippen LogP contribution in [0.5, 0.6) is 0 Å². The molecular weight excluding hydrogens is 237 g/mol. The second kappa shape index (κ2) is 5.68. The molecule has 1 saturated heterocycles. The van der Waals surface area contributed by atoms with E-state index in [1.807, 2.05) is 0 Å². The zero-order valence-corrected chi connectivity index (χ0v) is 9.67. The molecule has 1 fully saturated rings. The van der Waals surface area contributed by atoms with Gasteiger partial charge in [0, 0.05) is 25.6 Å². The summed E-state index contributed by atoms with van der Waals surface area (Å²) in [5, 5.41) is 0. The van der Waals surface area contributed by atoms with Crippen LogP contribution in [-0.2, 0) is 9.53 Å². The largest absolute Gasteiger partial charge is 0.389 e. The molecule has 0 aliphatic carbocycles. The smallest absolute Gasteiger partial charge is 0.373 e. The van der Waals surface area contributed by atoms with E-state index in [-0.39, 0.29) is 18.7 Å². The summed E-state index contributed by atoms with van der Waals surface area (Å²) >= 11 is 0. The summed E-state index contributed by atoms with van der Waals surface area (Å²) in [4.78, 5) is 12.9. The first-order valence-electron chi connectivity index (χ1n) is 5.51. The van der Waals surface area contributed by atoms with Crippen LogP contribution in [0.15, 0.2) is 0 Å². The molecule has 17 heavy (non-hydrogen) atoms. The molecule has 4 nitrogen and oxygen atoms in total. The number of nitrogens with two attached hydrogens (primary N) is 1. The van der Waals surface area contributed by atoms with Crippen molar-refractivity contribution in [1.29, 1.82) is 0 Å². The molecule has 0 aromatic carbocycles. The highest BCUT2D eigenvalue weighted by molar-refractivity contribution is 5.76. The van der Waals surface area contributed by atoms with E-state index in [2.05, 4.69) is 0 Å². The molecule has 1 aliphatic rings. The molecular formula is C10H17F3N2O2. The minimum absolute atomic E-state index is 0.242. The minimum atomic E-state index is -4.29. The van der Waals surface area contributed by atoms with E-state index in [1.54, 1.807) is 6.92 Å². The number of carbonyl (C=O) groups is 1. The van der Waals surface area contributed by atoms with Gasteiger partial charge in [0.1, 0.15) is 0 Å². The maximum atomic E-state index is 12.0. The molecule has 1 heterocycles. The Kier molecular flexibility index (Phi) is 4.76. The molecule has 0 spiro atoms. The lowest BCUT2D eigenvalue weighted by atomic mass is 10.1. The predicted octanol–water partition coefficient (Wildman–Crippen LogP) is 0.903. The Morgan fingerprint density at radius 1 is 1.59 bits per heavy atom. The third-order valence-electron chi connectivity index (χ3n) is 2.65. The summed E-state index contributed by atoms with van der Waals surface area (Å²) in [6, 6.07) is -0.242. The fraction of sp³-hybridized carbons (Fsp3) is 0.900. The molecule has 0 saturated carbocycles. The lowest BCUT2D eigenvalue weighted by Crippen LogP contribution is -2.51. The van der Waals surface area contributed by atoms with Gasteiger partial charge in [-0.25, -0.2) is 0 Å². The molecule has 0 aromatic heterocycles. The quantitative estimate of drug-likeness (QED) is 0.814. The van der Waals surface area contributed by atoms with Crippen LogP contribution in [0.3, 0.4) is 0 Å². The lowest BCUT2D eigenvalue weighted by Gasteiger charge is -2.34. The molecule has 0 bridgehead atoms. The van der Waals surface area contributed by atoms with Crippen molar-refractivity contribution >= 4 is 5.91 Å². The van der Waals surface area contributed by atoms with Crippen molar-refractivity contribution in [2.75, 3.05) is 19.7 Å². The van der Waals surface area contributed by atoms with Crippen LogP contribution in [0.4, 0.5) is 13.2 Å². The molecule has 100 valence electrons. The number of morpholine rings is 1. The van der Waals surface area contributed by atoms with Crippen LogP contribution in [0, 0.1) is 0 Å². The summed E-state index contributed by atoms with van der Waals surface area (Å²) in [6.45, 7) is 2.67. The fourth-order valence-electron chi connectivity index (χ4n) is 1.63. The van der Waals surface area contributed by atoms with Crippen molar-refractivity contribution in [3.8, 4) is 0 Å². The van der Waals surface area contributed by atoms with Gasteiger partial charge in [0.05, 0.1) is 19.1 Å². The molecule has 1 rings (SSSR count). The highest BCUT2D eigenvalue weighted by Crippen LogP contribution is 2.22. The third-order valence-corrected chi connectivity index (χ3v) is 2.65. The average molecular weight is 254 g/mol. The number of ether oxygens (including phenoxy) is 1. The Morgan fingerprint density at radius 3 is 2.76 bits per heavy atom. The van der Waals surface area contributed by atoms with Crippen molar-refractivity contribution in [3.05, 3.63) is 0 Å². The standard InChI is InChI=1S/C10H17F3N2O2/c1-7(14)8-6-15(4-5-17-8)9(16)2-3-10(11,12)13/h7-8H,2-6,14H2,1H3/t7-,8-/m0/s1. The molecule has 0 radical (unpaired) electrons. The van der Waals surface area contributed by atoms with Gasteiger partial charge in [-0.1, -0.05) is 0 Å². The van der Waals surface area contributed by atoms with Gasteiger partial charge in [-0.3, -0.25) is 4.79 Å². The number of carbonyl (C=O) groups excluding carboxylic acids is 1. The number of rotatable bonds is 3. The predicted molar refractivity (Wildman–Crippen MR) is 55.3 cm³/mol. The van der Waals surface area contributed by atoms with Crippen molar-refractivity contribution in [3.63, 3.8) is 0 Å². The summed E-state index contributed by atoms with van der Waals surface area (Å²) in [6.07, 6.45) is -6.16. The molecule has 1 aliphatic heterocycles. The highest BCUT2D eigenvalue weighted by Gasteiger charge is 2.31. The van der Waals surface area contributed by atoms with Gasteiger partial charge in [0.25, 0.3) is 0 Å². The van der Waals surface area contributed by atoms with Crippen LogP contribution in [0.1, 0.15) is 19.8 Å². The van der Waals surface area contributed by atoms with Gasteiger partial charge in [-0.2, -0.15) is 13.2 Å². The Hall–Kier alpha value is -0.820. The molecule has 7 heteroatoms. The van der Waals surface area contributed by atoms with E-state index in [0.717, 1.165) is 0 Å². The first kappa shape index (κ1) is 14.2. The lowest BCUT2D eigenvalue weighted by molar-refractivity contribution is -0.153. The van der Waals surface area contributed by atoms with Gasteiger partial charge in [0.15, 0.2) is 0 Å². The van der Waals surface area contributed by atoms with E-state index in [0.29, 0.717) is 13.2 Å². The normalized spacial score (nSPS) is 23.6. The van der Waals surface area contributed by atoms with Crippen LogP contribution in [0.25, 0.3) is 0 Å². The maximum Gasteiger partial charge on any atom is 0.389 e. The van der Waals surface area contributed by atoms with Crippen molar-refractivity contribution in [2.45, 2.75) is 38.1 Å². The number of nitrogens with zero attached hydrogens (tertiary/aromatic N) is 1. The first-order chi connectivity index (χ1) is 7.79. The summed E-state index contributed by atoms with van der Waals surface area (Å²) in [5.74, 6) is -0.490. The first-order valence-corrected chi connectivity index (χ1v) is 5.51. The van der Waals surface area contributed by atoms with Gasteiger partial charge >= 0.3 is 6.18 Å². The number of hydrogen-bond acceptors (Lipinski definition) is 3. The van der Waals surface area contributed by atoms with Crippen LogP contribution >= 0.6 is 0 Å². The molecule has 0 aromatic rings. The van der Waals surface area contributed by atoms with Crippen LogP contribution < -0.4 is 5.73 Å². The zero-order valence-electron chi connectivity index (χ0n) is 9.67. The molecule has 2 atom stereocenters. The molecule has 0 unspecified atom stereocenters. The molecule has 1 amide bonds. The van der Waals surface area contributed by atoms with E-state index >= 15 is 0 Å². The van der Waals surface area contributed by atoms with Crippen molar-refractivity contribution in [1.82, 2.24) is 4.90 Å². The SMILES string of the molecule is C[C@H](N)[C@@H]1CN(C(=O)CCC(F)(F)F)CCO1. The van der Waals surface area contributed by atoms with Gasteiger partial charge in [0.2, 0.25) is 5.91 Å². The van der Waals surface area contributed by atoms with Gasteiger partial charge in [-0.05, 0) is 6.92 Å². The summed E-state index contributed by atoms with van der Waals surface area (Å²) in [5.41, 5.74) is 5.63. The number of halogens is 3. The van der Waals surface area contributed by atoms with Gasteiger partial charge in [-0.15, -0.1) is 0 Å². The Bertz CT molecular complexity index is 269. The van der Waals surface area contributed by atoms with Gasteiger partial charge < -0.3 is 15.4 Å². The minimum Gasteiger partial charge on any atom is -0.373 e. The number of amides is 1. The van der Waals surface area contributed by atoms with Crippen molar-refractivity contribution in [2.24, 2.45) is 5.73 Å². The van der Waals surface area contributed by atoms with E-state index < -0.39 is 24.9 Å². The maximum absolute atomic E-state index is 12.0. The van der Waals surface area contributed by atoms with Crippen LogP contribution in [0.2, 0.25) is 0 Å². The van der Waals surface area contributed by atoms with E-state index in [4.69, 9.17) is 10.5 Å². The van der Waals surface area contributed by atoms with Crippen molar-refractivity contribution < 1.29 is 22.7 Å². The highest BCUT2D eigenvalue weighted by atomic mass is 19.4. The Balaban J connectivity index is 2.41. The van der Waals surface area contributed by atoms with E-state index in [9.17, 15) is 18.0 Å². The van der Waals surface area contributed by atoms with Crippen LogP contribution in [-0.4, -0.2) is 48.8 Å². The monoisotopic (exact) mass is 254 g/mol. The fourth-order valence-corrected chi connectivity index (χ4v) is 1.63. The number of alkyl halides is 3. The Labute approximate surface area is 97.9 Å². The summed E-state index contributed by atoms with van der Waals surface area (Å²) in [7, 11) is 0. The summed E-state index contributed by atoms with van der Waals surface area (Å²) < 4.78 is 41.2. The second-order valence-electron chi connectivity index (χ2n) is 4.22. The Morgan fingerprint density at radius 2 is 2.24 bits per heavy atom. The molecule has 2 N–H and O–H groups in total.